The van der Waals surface area contributed by atoms with Crippen LogP contribution in [-0.2, 0) is 11.2 Å². The number of benzene rings is 1. The summed E-state index contributed by atoms with van der Waals surface area (Å²) in [4.78, 5) is 13.5. The van der Waals surface area contributed by atoms with Gasteiger partial charge >= 0.3 is 0 Å². The van der Waals surface area contributed by atoms with Crippen LogP contribution in [0.2, 0.25) is 0 Å². The first-order valence-corrected chi connectivity index (χ1v) is 5.43. The molecule has 0 bridgehead atoms. The van der Waals surface area contributed by atoms with Crippen molar-refractivity contribution < 1.29 is 9.18 Å². The molecule has 0 saturated carbocycles. The van der Waals surface area contributed by atoms with Gasteiger partial charge in [-0.2, -0.15) is 0 Å². The Morgan fingerprint density at radius 1 is 1.47 bits per heavy atom. The van der Waals surface area contributed by atoms with Gasteiger partial charge < -0.3 is 10.6 Å². The molecule has 1 saturated heterocycles. The Bertz CT molecular complexity index is 400. The van der Waals surface area contributed by atoms with Crippen LogP contribution in [0.15, 0.2) is 24.3 Å². The highest BCUT2D eigenvalue weighted by atomic mass is 35.5. The summed E-state index contributed by atoms with van der Waals surface area (Å²) >= 11 is 0. The molecule has 0 spiro atoms. The van der Waals surface area contributed by atoms with E-state index in [1.807, 2.05) is 0 Å². The number of carbonyl (C=O) groups excluding carboxylic acids is 1. The van der Waals surface area contributed by atoms with E-state index in [1.54, 1.807) is 23.1 Å². The molecule has 3 nitrogen and oxygen atoms in total. The first-order valence-electron chi connectivity index (χ1n) is 5.43. The van der Waals surface area contributed by atoms with E-state index in [0.717, 1.165) is 6.42 Å². The van der Waals surface area contributed by atoms with Crippen LogP contribution in [0.1, 0.15) is 12.0 Å². The standard InChI is InChI=1S/C12H15FN2O.ClH/c13-11-4-2-1-3-9(11)7-12(16)15-6-5-10(14)8-15;/h1-4,10H,5-8,14H2;1H/t10-;/m0./s1. The largest absolute Gasteiger partial charge is 0.341 e. The number of hydrogen-bond donors (Lipinski definition) is 1. The van der Waals surface area contributed by atoms with Crippen LogP contribution >= 0.6 is 12.4 Å². The van der Waals surface area contributed by atoms with Crippen molar-refractivity contribution >= 4 is 18.3 Å². The highest BCUT2D eigenvalue weighted by Gasteiger charge is 2.23. The number of carbonyl (C=O) groups is 1. The Morgan fingerprint density at radius 2 is 2.18 bits per heavy atom. The van der Waals surface area contributed by atoms with Gasteiger partial charge in [-0.15, -0.1) is 12.4 Å². The first kappa shape index (κ1) is 13.9. The molecule has 2 rings (SSSR count). The summed E-state index contributed by atoms with van der Waals surface area (Å²) in [6.45, 7) is 1.28. The molecule has 1 aliphatic heterocycles. The topological polar surface area (TPSA) is 46.3 Å². The van der Waals surface area contributed by atoms with Crippen molar-refractivity contribution in [3.8, 4) is 0 Å². The smallest absolute Gasteiger partial charge is 0.227 e. The lowest BCUT2D eigenvalue weighted by Crippen LogP contribution is -2.33. The van der Waals surface area contributed by atoms with Gasteiger partial charge in [0.15, 0.2) is 0 Å². The van der Waals surface area contributed by atoms with E-state index in [4.69, 9.17) is 5.73 Å². The monoisotopic (exact) mass is 258 g/mol. The highest BCUT2D eigenvalue weighted by molar-refractivity contribution is 5.85. The maximum Gasteiger partial charge on any atom is 0.227 e. The van der Waals surface area contributed by atoms with E-state index in [1.165, 1.54) is 6.07 Å². The predicted molar refractivity (Wildman–Crippen MR) is 66.5 cm³/mol. The molecule has 1 aromatic carbocycles. The van der Waals surface area contributed by atoms with Crippen molar-refractivity contribution in [3.63, 3.8) is 0 Å². The highest BCUT2D eigenvalue weighted by Crippen LogP contribution is 2.12. The Labute approximate surface area is 106 Å². The van der Waals surface area contributed by atoms with Gasteiger partial charge in [0.1, 0.15) is 5.82 Å². The summed E-state index contributed by atoms with van der Waals surface area (Å²) in [5, 5.41) is 0. The van der Waals surface area contributed by atoms with E-state index in [0.29, 0.717) is 18.7 Å². The molecule has 94 valence electrons. The summed E-state index contributed by atoms with van der Waals surface area (Å²) in [7, 11) is 0. The lowest BCUT2D eigenvalue weighted by molar-refractivity contribution is -0.129. The lowest BCUT2D eigenvalue weighted by atomic mass is 10.1. The third-order valence-corrected chi connectivity index (χ3v) is 2.88. The molecular formula is C12H16ClFN2O. The lowest BCUT2D eigenvalue weighted by Gasteiger charge is -2.15. The van der Waals surface area contributed by atoms with Gasteiger partial charge in [-0.05, 0) is 18.1 Å². The molecule has 17 heavy (non-hydrogen) atoms. The van der Waals surface area contributed by atoms with Crippen LogP contribution in [0.4, 0.5) is 4.39 Å². The minimum absolute atomic E-state index is 0. The third kappa shape index (κ3) is 3.41. The molecule has 0 radical (unpaired) electrons. The number of nitrogens with two attached hydrogens (primary N) is 1. The minimum atomic E-state index is -0.320. The van der Waals surface area contributed by atoms with Gasteiger partial charge in [-0.1, -0.05) is 18.2 Å². The SMILES string of the molecule is Cl.N[C@H]1CCN(C(=O)Cc2ccccc2F)C1. The summed E-state index contributed by atoms with van der Waals surface area (Å²) in [5.74, 6) is -0.364. The number of rotatable bonds is 2. The number of hydrogen-bond acceptors (Lipinski definition) is 2. The molecule has 0 aliphatic carbocycles. The molecule has 5 heteroatoms. The van der Waals surface area contributed by atoms with E-state index < -0.39 is 0 Å². The van der Waals surface area contributed by atoms with E-state index >= 15 is 0 Å². The van der Waals surface area contributed by atoms with Crippen LogP contribution < -0.4 is 5.73 Å². The summed E-state index contributed by atoms with van der Waals surface area (Å²) in [5.41, 5.74) is 6.17. The van der Waals surface area contributed by atoms with Gasteiger partial charge in [0, 0.05) is 19.1 Å². The molecule has 1 amide bonds. The molecule has 1 aliphatic rings. The van der Waals surface area contributed by atoms with E-state index in [-0.39, 0.29) is 36.6 Å². The van der Waals surface area contributed by atoms with Crippen LogP contribution in [0.5, 0.6) is 0 Å². The molecule has 2 N–H and O–H groups in total. The second kappa shape index (κ2) is 5.98. The Morgan fingerprint density at radius 3 is 2.76 bits per heavy atom. The average Bonchev–Trinajstić information content (AvgIpc) is 2.68. The minimum Gasteiger partial charge on any atom is -0.341 e. The fraction of sp³-hybridized carbons (Fsp3) is 0.417. The number of nitrogens with zero attached hydrogens (tertiary/aromatic N) is 1. The number of halogens is 2. The molecule has 1 aromatic rings. The van der Waals surface area contributed by atoms with E-state index in [2.05, 4.69) is 0 Å². The van der Waals surface area contributed by atoms with Gasteiger partial charge in [0.2, 0.25) is 5.91 Å². The molecule has 1 heterocycles. The van der Waals surface area contributed by atoms with Gasteiger partial charge in [-0.25, -0.2) is 4.39 Å². The second-order valence-corrected chi connectivity index (χ2v) is 4.16. The molecule has 1 fully saturated rings. The van der Waals surface area contributed by atoms with E-state index in [9.17, 15) is 9.18 Å². The van der Waals surface area contributed by atoms with Crippen LogP contribution in [0, 0.1) is 5.82 Å². The normalized spacial score (nSPS) is 18.9. The Balaban J connectivity index is 0.00000144. The third-order valence-electron chi connectivity index (χ3n) is 2.88. The molecule has 0 aromatic heterocycles. The molecular weight excluding hydrogens is 243 g/mol. The van der Waals surface area contributed by atoms with Crippen molar-refractivity contribution in [2.24, 2.45) is 5.73 Å². The zero-order chi connectivity index (χ0) is 11.5. The molecule has 0 unspecified atom stereocenters. The maximum absolute atomic E-state index is 13.3. The van der Waals surface area contributed by atoms with Crippen molar-refractivity contribution in [2.75, 3.05) is 13.1 Å². The molecule has 1 atom stereocenters. The fourth-order valence-electron chi connectivity index (χ4n) is 1.93. The summed E-state index contributed by atoms with van der Waals surface area (Å²) < 4.78 is 13.3. The number of likely N-dealkylation sites (tertiary alicyclic amines) is 1. The van der Waals surface area contributed by atoms with Gasteiger partial charge in [0.05, 0.1) is 6.42 Å². The fourth-order valence-corrected chi connectivity index (χ4v) is 1.93. The zero-order valence-electron chi connectivity index (χ0n) is 9.43. The zero-order valence-corrected chi connectivity index (χ0v) is 10.3. The maximum atomic E-state index is 13.3. The Hall–Kier alpha value is -1.13. The second-order valence-electron chi connectivity index (χ2n) is 4.16. The quantitative estimate of drug-likeness (QED) is 0.871. The predicted octanol–water partition coefficient (Wildman–Crippen LogP) is 1.35. The van der Waals surface area contributed by atoms with Crippen molar-refractivity contribution in [1.29, 1.82) is 0 Å². The summed E-state index contributed by atoms with van der Waals surface area (Å²) in [6, 6.07) is 6.45. The van der Waals surface area contributed by atoms with Crippen LogP contribution in [0.3, 0.4) is 0 Å². The number of amides is 1. The van der Waals surface area contributed by atoms with Crippen molar-refractivity contribution in [1.82, 2.24) is 4.90 Å². The van der Waals surface area contributed by atoms with Gasteiger partial charge in [-0.3, -0.25) is 4.79 Å². The van der Waals surface area contributed by atoms with Gasteiger partial charge in [0.25, 0.3) is 0 Å². The first-order chi connectivity index (χ1) is 7.66. The summed E-state index contributed by atoms with van der Waals surface area (Å²) in [6.07, 6.45) is 0.961. The van der Waals surface area contributed by atoms with Crippen molar-refractivity contribution in [2.45, 2.75) is 18.9 Å². The van der Waals surface area contributed by atoms with Crippen LogP contribution in [-0.4, -0.2) is 29.9 Å². The average molecular weight is 259 g/mol. The van der Waals surface area contributed by atoms with Crippen molar-refractivity contribution in [3.05, 3.63) is 35.6 Å². The van der Waals surface area contributed by atoms with Crippen LogP contribution in [0.25, 0.3) is 0 Å². The Kier molecular flexibility index (Phi) is 4.90.